The van der Waals surface area contributed by atoms with Gasteiger partial charge in [0.1, 0.15) is 0 Å². The van der Waals surface area contributed by atoms with Crippen LogP contribution >= 0.6 is 0 Å². The molecule has 3 aromatic rings. The van der Waals surface area contributed by atoms with Gasteiger partial charge in [-0.25, -0.2) is 15.2 Å². The van der Waals surface area contributed by atoms with Crippen LogP contribution in [0, 0.1) is 0 Å². The predicted octanol–water partition coefficient (Wildman–Crippen LogP) is 2.79. The zero-order chi connectivity index (χ0) is 23.9. The largest absolute Gasteiger partial charge is 0.481 e. The van der Waals surface area contributed by atoms with Crippen molar-refractivity contribution >= 4 is 34.9 Å². The third kappa shape index (κ3) is 5.83. The van der Waals surface area contributed by atoms with Crippen molar-refractivity contribution in [3.8, 4) is 0 Å². The van der Waals surface area contributed by atoms with E-state index in [2.05, 4.69) is 26.1 Å². The topological polar surface area (TPSA) is 139 Å². The second kappa shape index (κ2) is 10.7. The van der Waals surface area contributed by atoms with Crippen LogP contribution in [-0.4, -0.2) is 50.5 Å². The Bertz CT molecular complexity index is 1140. The first kappa shape index (κ1) is 23.1. The molecular weight excluding hydrogens is 436 g/mol. The lowest BCUT2D eigenvalue weighted by Gasteiger charge is -2.36. The molecule has 1 aromatic heterocycles. The van der Waals surface area contributed by atoms with Crippen molar-refractivity contribution in [2.75, 3.05) is 11.9 Å². The van der Waals surface area contributed by atoms with Crippen LogP contribution in [0.25, 0.3) is 11.0 Å². The highest BCUT2D eigenvalue weighted by Gasteiger charge is 2.31. The number of carboxylic acids is 1. The van der Waals surface area contributed by atoms with E-state index in [4.69, 9.17) is 0 Å². The molecule has 0 saturated heterocycles. The quantitative estimate of drug-likeness (QED) is 0.257. The van der Waals surface area contributed by atoms with E-state index in [0.29, 0.717) is 31.9 Å². The molecule has 1 aliphatic rings. The van der Waals surface area contributed by atoms with Crippen LogP contribution < -0.4 is 16.2 Å². The average Bonchev–Trinajstić information content (AvgIpc) is 3.24. The van der Waals surface area contributed by atoms with Gasteiger partial charge in [0.2, 0.25) is 11.9 Å². The van der Waals surface area contributed by atoms with Gasteiger partial charge in [0.15, 0.2) is 0 Å². The summed E-state index contributed by atoms with van der Waals surface area (Å²) in [6.45, 7) is 0.951. The summed E-state index contributed by atoms with van der Waals surface area (Å²) < 4.78 is 0. The number of hydrazine groups is 1. The van der Waals surface area contributed by atoms with Crippen molar-refractivity contribution in [2.45, 2.75) is 44.7 Å². The van der Waals surface area contributed by atoms with Gasteiger partial charge in [-0.1, -0.05) is 36.4 Å². The maximum Gasteiger partial charge on any atom is 0.336 e. The summed E-state index contributed by atoms with van der Waals surface area (Å²) in [4.78, 5) is 45.2. The molecule has 2 heterocycles. The summed E-state index contributed by atoms with van der Waals surface area (Å²) in [7, 11) is 0. The Morgan fingerprint density at radius 1 is 1.03 bits per heavy atom. The fraction of sp³-hybridized carbons (Fsp3) is 0.333. The number of carbonyl (C=O) groups excluding carboxylic acids is 2. The van der Waals surface area contributed by atoms with Gasteiger partial charge in [0, 0.05) is 25.6 Å². The van der Waals surface area contributed by atoms with E-state index in [0.717, 1.165) is 28.6 Å². The van der Waals surface area contributed by atoms with E-state index in [-0.39, 0.29) is 18.7 Å². The number of fused-ring (bicyclic) bond motifs is 2. The maximum absolute atomic E-state index is 12.7. The van der Waals surface area contributed by atoms with Crippen molar-refractivity contribution in [3.05, 3.63) is 59.7 Å². The number of aliphatic carboxylic acids is 1. The predicted molar refractivity (Wildman–Crippen MR) is 127 cm³/mol. The number of rotatable bonds is 8. The van der Waals surface area contributed by atoms with Gasteiger partial charge in [-0.2, -0.15) is 0 Å². The summed E-state index contributed by atoms with van der Waals surface area (Å²) in [6.07, 6.45) is 1.94. The molecule has 178 valence electrons. The molecule has 0 spiro atoms. The first-order chi connectivity index (χ1) is 16.5. The Morgan fingerprint density at radius 3 is 2.59 bits per heavy atom. The summed E-state index contributed by atoms with van der Waals surface area (Å²) in [6, 6.07) is 14.4. The number of imidazole rings is 1. The van der Waals surface area contributed by atoms with E-state index in [1.807, 2.05) is 48.5 Å². The Hall–Kier alpha value is -4.08. The van der Waals surface area contributed by atoms with Crippen LogP contribution in [0.4, 0.5) is 10.7 Å². The number of aromatic amines is 1. The van der Waals surface area contributed by atoms with Gasteiger partial charge >= 0.3 is 12.0 Å². The number of anilines is 1. The molecule has 4 rings (SSSR count). The molecule has 34 heavy (non-hydrogen) atoms. The van der Waals surface area contributed by atoms with Crippen LogP contribution in [0.3, 0.4) is 0 Å². The minimum atomic E-state index is -0.970. The summed E-state index contributed by atoms with van der Waals surface area (Å²) in [5, 5.41) is 12.4. The molecule has 10 heteroatoms. The van der Waals surface area contributed by atoms with E-state index >= 15 is 0 Å². The summed E-state index contributed by atoms with van der Waals surface area (Å²) >= 11 is 0. The summed E-state index contributed by atoms with van der Waals surface area (Å²) in [5.74, 6) is -0.580. The number of H-pyrrole nitrogens is 1. The monoisotopic (exact) mass is 464 g/mol. The van der Waals surface area contributed by atoms with Crippen molar-refractivity contribution in [2.24, 2.45) is 0 Å². The molecule has 10 nitrogen and oxygen atoms in total. The highest BCUT2D eigenvalue weighted by atomic mass is 16.4. The minimum Gasteiger partial charge on any atom is -0.481 e. The number of nitrogens with one attached hydrogen (secondary N) is 4. The number of para-hydroxylation sites is 2. The normalized spacial score (nSPS) is 14.9. The number of urea groups is 1. The van der Waals surface area contributed by atoms with E-state index in [1.54, 1.807) is 0 Å². The van der Waals surface area contributed by atoms with Crippen molar-refractivity contribution in [3.63, 3.8) is 0 Å². The second-order valence-corrected chi connectivity index (χ2v) is 8.32. The third-order valence-electron chi connectivity index (χ3n) is 5.85. The number of nitrogens with zero attached hydrogens (tertiary/aromatic N) is 2. The first-order valence-corrected chi connectivity index (χ1v) is 11.3. The number of unbranched alkanes of at least 4 members (excludes halogenated alkanes) is 1. The van der Waals surface area contributed by atoms with Gasteiger partial charge in [-0.15, -0.1) is 0 Å². The molecule has 0 radical (unpaired) electrons. The van der Waals surface area contributed by atoms with Gasteiger partial charge < -0.3 is 20.3 Å². The van der Waals surface area contributed by atoms with Crippen molar-refractivity contribution in [1.82, 2.24) is 25.7 Å². The number of aromatic nitrogens is 2. The fourth-order valence-corrected chi connectivity index (χ4v) is 4.12. The Morgan fingerprint density at radius 2 is 1.79 bits per heavy atom. The van der Waals surface area contributed by atoms with E-state index < -0.39 is 18.0 Å². The lowest BCUT2D eigenvalue weighted by molar-refractivity contribution is -0.138. The first-order valence-electron chi connectivity index (χ1n) is 11.3. The molecular formula is C24H28N6O4. The van der Waals surface area contributed by atoms with Gasteiger partial charge in [0.05, 0.1) is 17.5 Å². The fourth-order valence-electron chi connectivity index (χ4n) is 4.12. The SMILES string of the molecule is O=C(O)CC1Cc2ccccc2CN1C(=O)NNC(=O)CCCCNc1nc2ccccc2[nH]1. The lowest BCUT2D eigenvalue weighted by Crippen LogP contribution is -2.54. The van der Waals surface area contributed by atoms with Crippen LogP contribution in [0.1, 0.15) is 36.8 Å². The number of amides is 3. The standard InChI is InChI=1S/C24H28N6O4/c31-21(11-5-6-12-25-23-26-19-9-3-4-10-20(19)27-23)28-29-24(34)30-15-17-8-2-1-7-16(17)13-18(30)14-22(32)33/h1-4,7-10,18H,5-6,11-15H2,(H,28,31)(H,29,34)(H,32,33)(H2,25,26,27). The molecule has 5 N–H and O–H groups in total. The second-order valence-electron chi connectivity index (χ2n) is 8.32. The third-order valence-corrected chi connectivity index (χ3v) is 5.85. The molecule has 0 fully saturated rings. The average molecular weight is 465 g/mol. The van der Waals surface area contributed by atoms with Crippen LogP contribution in [0.5, 0.6) is 0 Å². The van der Waals surface area contributed by atoms with E-state index in [9.17, 15) is 19.5 Å². The highest BCUT2D eigenvalue weighted by molar-refractivity contribution is 5.82. The molecule has 0 bridgehead atoms. The molecule has 2 aromatic carbocycles. The van der Waals surface area contributed by atoms with Gasteiger partial charge in [-0.3, -0.25) is 15.0 Å². The minimum absolute atomic E-state index is 0.159. The zero-order valence-electron chi connectivity index (χ0n) is 18.7. The Kier molecular flexibility index (Phi) is 7.26. The molecule has 1 atom stereocenters. The van der Waals surface area contributed by atoms with Crippen LogP contribution in [0.2, 0.25) is 0 Å². The van der Waals surface area contributed by atoms with Crippen LogP contribution in [0.15, 0.2) is 48.5 Å². The zero-order valence-corrected chi connectivity index (χ0v) is 18.7. The lowest BCUT2D eigenvalue weighted by atomic mass is 9.92. The smallest absolute Gasteiger partial charge is 0.336 e. The van der Waals surface area contributed by atoms with Gasteiger partial charge in [0.25, 0.3) is 0 Å². The Balaban J connectivity index is 1.19. The number of benzene rings is 2. The molecule has 1 aliphatic heterocycles. The van der Waals surface area contributed by atoms with Crippen molar-refractivity contribution in [1.29, 1.82) is 0 Å². The van der Waals surface area contributed by atoms with E-state index in [1.165, 1.54) is 4.90 Å². The Labute approximate surface area is 196 Å². The van der Waals surface area contributed by atoms with Gasteiger partial charge in [-0.05, 0) is 42.5 Å². The number of carboxylic acid groups (broad SMARTS) is 1. The molecule has 3 amide bonds. The number of hydrogen-bond donors (Lipinski definition) is 5. The number of carbonyl (C=O) groups is 3. The summed E-state index contributed by atoms with van der Waals surface area (Å²) in [5.41, 5.74) is 8.74. The molecule has 1 unspecified atom stereocenters. The molecule has 0 saturated carbocycles. The van der Waals surface area contributed by atoms with Crippen molar-refractivity contribution < 1.29 is 19.5 Å². The molecule has 0 aliphatic carbocycles. The number of hydrogen-bond acceptors (Lipinski definition) is 5. The highest BCUT2D eigenvalue weighted by Crippen LogP contribution is 2.25. The maximum atomic E-state index is 12.7. The van der Waals surface area contributed by atoms with Crippen LogP contribution in [-0.2, 0) is 22.6 Å².